The van der Waals surface area contributed by atoms with Crippen LogP contribution < -0.4 is 16.8 Å². The zero-order valence-electron chi connectivity index (χ0n) is 32.8. The fraction of sp³-hybridized carbons (Fsp3) is 0.476. The van der Waals surface area contributed by atoms with E-state index in [1.165, 1.54) is 27.7 Å². The van der Waals surface area contributed by atoms with Gasteiger partial charge in [0.15, 0.2) is 12.2 Å². The van der Waals surface area contributed by atoms with Crippen LogP contribution in [0.25, 0.3) is 0 Å². The third kappa shape index (κ3) is 11.9. The Kier molecular flexibility index (Phi) is 17.4. The highest BCUT2D eigenvalue weighted by Gasteiger charge is 2.52. The lowest BCUT2D eigenvalue weighted by molar-refractivity contribution is -0.341. The maximum absolute atomic E-state index is 12.6. The summed E-state index contributed by atoms with van der Waals surface area (Å²) in [5, 5.41) is 4.50. The van der Waals surface area contributed by atoms with Crippen molar-refractivity contribution in [2.75, 3.05) is 45.9 Å². The summed E-state index contributed by atoms with van der Waals surface area (Å²) in [4.78, 5) is 58.1. The summed E-state index contributed by atoms with van der Waals surface area (Å²) >= 11 is 0. The van der Waals surface area contributed by atoms with Crippen LogP contribution in [0.3, 0.4) is 0 Å². The second-order valence-corrected chi connectivity index (χ2v) is 13.7. The van der Waals surface area contributed by atoms with Crippen molar-refractivity contribution in [3.05, 3.63) is 108 Å². The van der Waals surface area contributed by atoms with Crippen molar-refractivity contribution in [1.29, 1.82) is 0 Å². The molecule has 3 unspecified atom stereocenters. The van der Waals surface area contributed by atoms with Crippen LogP contribution in [0.4, 0.5) is 0 Å². The molecule has 1 fully saturated rings. The number of nitrogens with one attached hydrogen (secondary N) is 1. The Bertz CT molecular complexity index is 1570. The van der Waals surface area contributed by atoms with Crippen LogP contribution in [-0.4, -0.2) is 110 Å². The Hall–Kier alpha value is -4.70. The molecule has 56 heavy (non-hydrogen) atoms. The maximum atomic E-state index is 12.6. The predicted molar refractivity (Wildman–Crippen MR) is 209 cm³/mol. The van der Waals surface area contributed by atoms with Crippen LogP contribution in [0.5, 0.6) is 0 Å². The highest BCUT2D eigenvalue weighted by Crippen LogP contribution is 2.42. The topological polar surface area (TPSA) is 185 Å². The van der Waals surface area contributed by atoms with E-state index in [4.69, 9.17) is 35.3 Å². The van der Waals surface area contributed by atoms with Gasteiger partial charge in [-0.1, -0.05) is 91.0 Å². The van der Waals surface area contributed by atoms with Gasteiger partial charge in [0.05, 0.1) is 5.54 Å². The first-order chi connectivity index (χ1) is 27.0. The monoisotopic (exact) mass is 775 g/mol. The number of carbonyl (C=O) groups is 4. The number of amides is 1. The molecular weight excluding hydrogens is 718 g/mol. The summed E-state index contributed by atoms with van der Waals surface area (Å²) in [5.41, 5.74) is 14.8. The molecule has 0 aliphatic carbocycles. The Morgan fingerprint density at radius 2 is 1.12 bits per heavy atom. The molecule has 0 aromatic heterocycles. The third-order valence-corrected chi connectivity index (χ3v) is 9.45. The number of esters is 3. The summed E-state index contributed by atoms with van der Waals surface area (Å²) in [5.74, 6) is -2.44. The molecule has 14 nitrogen and oxygen atoms in total. The summed E-state index contributed by atoms with van der Waals surface area (Å²) in [6.07, 6.45) is -2.90. The van der Waals surface area contributed by atoms with E-state index in [0.717, 1.165) is 23.1 Å². The van der Waals surface area contributed by atoms with Crippen LogP contribution in [0.1, 0.15) is 63.6 Å². The van der Waals surface area contributed by atoms with Crippen LogP contribution in [0, 0.1) is 0 Å². The molecule has 1 saturated heterocycles. The molecule has 1 heterocycles. The number of hydroxylamine groups is 2. The molecular formula is C42H57N5O9. The van der Waals surface area contributed by atoms with Crippen molar-refractivity contribution in [3.63, 3.8) is 0 Å². The molecule has 4 rings (SSSR count). The van der Waals surface area contributed by atoms with Crippen LogP contribution >= 0.6 is 0 Å². The van der Waals surface area contributed by atoms with Crippen molar-refractivity contribution in [2.24, 2.45) is 11.5 Å². The summed E-state index contributed by atoms with van der Waals surface area (Å²) < 4.78 is 22.8. The number of benzene rings is 3. The van der Waals surface area contributed by atoms with Gasteiger partial charge < -0.3 is 35.7 Å². The van der Waals surface area contributed by atoms with Gasteiger partial charge in [0.1, 0.15) is 18.8 Å². The van der Waals surface area contributed by atoms with E-state index < -0.39 is 60.0 Å². The van der Waals surface area contributed by atoms with Crippen LogP contribution in [0.2, 0.25) is 0 Å². The molecule has 304 valence electrons. The van der Waals surface area contributed by atoms with Crippen molar-refractivity contribution < 1.29 is 43.0 Å². The SMILES string of the molecule is CC(=O)NC1C(OC(C)=O)[C@@H](OC(C)=O)C(COC(C)=O)O[C@H]1ON(CCCN)CCCN(CCCN)C(c1ccccc1)(c1ccccc1)c1ccccc1. The minimum absolute atomic E-state index is 0.336. The largest absolute Gasteiger partial charge is 0.463 e. The fourth-order valence-corrected chi connectivity index (χ4v) is 7.27. The lowest BCUT2D eigenvalue weighted by Crippen LogP contribution is -2.67. The second-order valence-electron chi connectivity index (χ2n) is 13.7. The van der Waals surface area contributed by atoms with Crippen molar-refractivity contribution in [3.8, 4) is 0 Å². The average molecular weight is 776 g/mol. The lowest BCUT2D eigenvalue weighted by atomic mass is 9.75. The van der Waals surface area contributed by atoms with E-state index in [0.29, 0.717) is 52.1 Å². The van der Waals surface area contributed by atoms with Crippen LogP contribution in [-0.2, 0) is 48.5 Å². The van der Waals surface area contributed by atoms with E-state index in [9.17, 15) is 19.2 Å². The maximum Gasteiger partial charge on any atom is 0.303 e. The Morgan fingerprint density at radius 1 is 0.661 bits per heavy atom. The normalized spacial score (nSPS) is 19.7. The molecule has 3 aromatic rings. The van der Waals surface area contributed by atoms with Gasteiger partial charge in [-0.3, -0.25) is 28.9 Å². The van der Waals surface area contributed by atoms with Gasteiger partial charge in [0, 0.05) is 53.9 Å². The first kappa shape index (κ1) is 44.0. The number of nitrogens with zero attached hydrogens (tertiary/aromatic N) is 2. The number of nitrogens with two attached hydrogens (primary N) is 2. The molecule has 1 amide bonds. The van der Waals surface area contributed by atoms with Crippen molar-refractivity contribution in [2.45, 2.75) is 83.1 Å². The molecule has 1 aliphatic rings. The number of hydrogen-bond acceptors (Lipinski definition) is 13. The number of carbonyl (C=O) groups excluding carboxylic acids is 4. The Balaban J connectivity index is 1.71. The quantitative estimate of drug-likeness (QED) is 0.0621. The predicted octanol–water partition coefficient (Wildman–Crippen LogP) is 3.26. The minimum atomic E-state index is -1.25. The van der Waals surface area contributed by atoms with E-state index in [1.807, 2.05) is 18.2 Å². The second kappa shape index (κ2) is 22.1. The standard InChI is InChI=1S/C42H57N5O9/c1-30(48)45-38-40(54-33(4)51)39(53-32(3)50)37(29-52-31(2)49)55-41(38)56-47(27-15-24-44)28-16-26-46(25-14-23-43)42(34-17-8-5-9-18-34,35-19-10-6-11-20-35)36-21-12-7-13-22-36/h5-13,17-22,37-41H,14-16,23-29,43-44H2,1-4H3,(H,45,48)/t37?,38?,39-,40?,41-/m0/s1. The number of rotatable bonds is 21. The van der Waals surface area contributed by atoms with E-state index >= 15 is 0 Å². The highest BCUT2D eigenvalue weighted by molar-refractivity contribution is 5.73. The van der Waals surface area contributed by atoms with Gasteiger partial charge in [0.2, 0.25) is 12.2 Å². The van der Waals surface area contributed by atoms with Gasteiger partial charge >= 0.3 is 17.9 Å². The molecule has 14 heteroatoms. The minimum Gasteiger partial charge on any atom is -0.463 e. The number of hydrogen-bond donors (Lipinski definition) is 3. The first-order valence-electron chi connectivity index (χ1n) is 19.1. The van der Waals surface area contributed by atoms with E-state index in [1.54, 1.807) is 5.06 Å². The molecule has 0 bridgehead atoms. The van der Waals surface area contributed by atoms with Gasteiger partial charge in [0.25, 0.3) is 0 Å². The van der Waals surface area contributed by atoms with Crippen molar-refractivity contribution in [1.82, 2.24) is 15.3 Å². The molecule has 0 spiro atoms. The van der Waals surface area contributed by atoms with E-state index in [2.05, 4.69) is 83.0 Å². The molecule has 1 aliphatic heterocycles. The average Bonchev–Trinajstić information content (AvgIpc) is 3.18. The van der Waals surface area contributed by atoms with Gasteiger partial charge in [-0.05, 0) is 49.0 Å². The third-order valence-electron chi connectivity index (χ3n) is 9.45. The number of ether oxygens (including phenoxy) is 4. The van der Waals surface area contributed by atoms with E-state index in [-0.39, 0.29) is 6.61 Å². The molecule has 5 atom stereocenters. The molecule has 0 radical (unpaired) electrons. The van der Waals surface area contributed by atoms with Crippen LogP contribution in [0.15, 0.2) is 91.0 Å². The summed E-state index contributed by atoms with van der Waals surface area (Å²) in [6.45, 7) is 7.57. The van der Waals surface area contributed by atoms with Gasteiger partial charge in [-0.25, -0.2) is 0 Å². The molecule has 3 aromatic carbocycles. The summed E-state index contributed by atoms with van der Waals surface area (Å²) in [6, 6.07) is 30.2. The molecule has 5 N–H and O–H groups in total. The lowest BCUT2D eigenvalue weighted by Gasteiger charge is -2.46. The summed E-state index contributed by atoms with van der Waals surface area (Å²) in [7, 11) is 0. The zero-order chi connectivity index (χ0) is 40.5. The molecule has 0 saturated carbocycles. The Morgan fingerprint density at radius 3 is 1.59 bits per heavy atom. The zero-order valence-corrected chi connectivity index (χ0v) is 32.8. The smallest absolute Gasteiger partial charge is 0.303 e. The first-order valence-corrected chi connectivity index (χ1v) is 19.1. The van der Waals surface area contributed by atoms with Gasteiger partial charge in [-0.15, -0.1) is 0 Å². The Labute approximate surface area is 329 Å². The van der Waals surface area contributed by atoms with Gasteiger partial charge in [-0.2, -0.15) is 5.06 Å². The fourth-order valence-electron chi connectivity index (χ4n) is 7.27. The highest BCUT2D eigenvalue weighted by atomic mass is 16.8. The van der Waals surface area contributed by atoms with Crippen molar-refractivity contribution >= 4 is 23.8 Å².